The number of sulfone groups is 1. The van der Waals surface area contributed by atoms with E-state index in [9.17, 15) is 22.0 Å². The van der Waals surface area contributed by atoms with Gasteiger partial charge in [0, 0.05) is 32.7 Å². The number of nitrogens with one attached hydrogen (secondary N) is 1. The maximum absolute atomic E-state index is 12.9. The molecule has 0 unspecified atom stereocenters. The van der Waals surface area contributed by atoms with Crippen LogP contribution in [0, 0.1) is 0 Å². The zero-order chi connectivity index (χ0) is 22.4. The second-order valence-corrected chi connectivity index (χ2v) is 9.14. The van der Waals surface area contributed by atoms with Crippen LogP contribution >= 0.6 is 0 Å². The fourth-order valence-electron chi connectivity index (χ4n) is 3.40. The maximum atomic E-state index is 12.9. The molecule has 0 atom stereocenters. The van der Waals surface area contributed by atoms with E-state index in [4.69, 9.17) is 4.74 Å². The molecule has 1 amide bonds. The molecule has 2 aromatic carbocycles. The molecule has 31 heavy (non-hydrogen) atoms. The third kappa shape index (κ3) is 5.99. The van der Waals surface area contributed by atoms with Gasteiger partial charge in [0.2, 0.25) is 15.7 Å². The summed E-state index contributed by atoms with van der Waals surface area (Å²) in [7, 11) is -3.18. The van der Waals surface area contributed by atoms with Crippen molar-refractivity contribution in [1.82, 2.24) is 9.80 Å². The zero-order valence-electron chi connectivity index (χ0n) is 17.1. The smallest absolute Gasteiger partial charge is 0.341 e. The number of amides is 1. The first-order chi connectivity index (χ1) is 14.8. The molecule has 0 spiro atoms. The SMILES string of the molecule is COc1ccc(CN2CCN(CC(=O)Nc3ccccc3S(=O)(=O)C(F)F)CC2)cc1. The maximum Gasteiger partial charge on any atom is 0.341 e. The lowest BCUT2D eigenvalue weighted by Gasteiger charge is -2.34. The molecule has 10 heteroatoms. The molecular formula is C21H25F2N3O4S. The molecule has 2 aromatic rings. The number of hydrogen-bond acceptors (Lipinski definition) is 6. The summed E-state index contributed by atoms with van der Waals surface area (Å²) in [5, 5.41) is 2.46. The van der Waals surface area contributed by atoms with Crippen molar-refractivity contribution in [2.45, 2.75) is 17.2 Å². The van der Waals surface area contributed by atoms with Crippen molar-refractivity contribution >= 4 is 21.4 Å². The third-order valence-electron chi connectivity index (χ3n) is 5.10. The number of hydrogen-bond donors (Lipinski definition) is 1. The first kappa shape index (κ1) is 23.1. The Hall–Kier alpha value is -2.56. The standard InChI is InChI=1S/C21H25F2N3O4S/c1-30-17-8-6-16(7-9-17)14-25-10-12-26(13-11-25)15-20(27)24-18-4-2-3-5-19(18)31(28,29)21(22)23/h2-9,21H,10-15H2,1H3,(H,24,27). The molecule has 0 aliphatic carbocycles. The molecule has 3 rings (SSSR count). The van der Waals surface area contributed by atoms with E-state index in [1.165, 1.54) is 23.8 Å². The van der Waals surface area contributed by atoms with E-state index in [0.717, 1.165) is 31.5 Å². The molecule has 7 nitrogen and oxygen atoms in total. The Morgan fingerprint density at radius 3 is 2.26 bits per heavy atom. The summed E-state index contributed by atoms with van der Waals surface area (Å²) < 4.78 is 54.6. The largest absolute Gasteiger partial charge is 0.497 e. The zero-order valence-corrected chi connectivity index (χ0v) is 17.9. The van der Waals surface area contributed by atoms with Crippen molar-refractivity contribution in [3.8, 4) is 5.75 Å². The lowest BCUT2D eigenvalue weighted by Crippen LogP contribution is -2.48. The Morgan fingerprint density at radius 1 is 1.03 bits per heavy atom. The summed E-state index contributed by atoms with van der Waals surface area (Å²) in [5.41, 5.74) is 1.04. The summed E-state index contributed by atoms with van der Waals surface area (Å²) in [5.74, 6) is -3.19. The number of alkyl halides is 2. The van der Waals surface area contributed by atoms with Crippen LogP contribution in [-0.2, 0) is 21.2 Å². The molecule has 1 saturated heterocycles. The second-order valence-electron chi connectivity index (χ2n) is 7.25. The number of nitrogens with zero attached hydrogens (tertiary/aromatic N) is 2. The molecule has 0 radical (unpaired) electrons. The van der Waals surface area contributed by atoms with E-state index in [-0.39, 0.29) is 12.2 Å². The summed E-state index contributed by atoms with van der Waals surface area (Å²) in [6.45, 7) is 3.73. The van der Waals surface area contributed by atoms with Gasteiger partial charge in [-0.2, -0.15) is 8.78 Å². The number of ether oxygens (including phenoxy) is 1. The van der Waals surface area contributed by atoms with Gasteiger partial charge in [0.25, 0.3) is 0 Å². The molecule has 0 aromatic heterocycles. The summed E-state index contributed by atoms with van der Waals surface area (Å²) in [4.78, 5) is 16.0. The van der Waals surface area contributed by atoms with Crippen LogP contribution in [-0.4, -0.2) is 69.7 Å². The molecule has 1 heterocycles. The predicted octanol–water partition coefficient (Wildman–Crippen LogP) is 2.45. The van der Waals surface area contributed by atoms with E-state index < -0.39 is 26.4 Å². The van der Waals surface area contributed by atoms with Gasteiger partial charge in [-0.25, -0.2) is 8.42 Å². The predicted molar refractivity (Wildman–Crippen MR) is 113 cm³/mol. The van der Waals surface area contributed by atoms with Gasteiger partial charge in [-0.1, -0.05) is 24.3 Å². The van der Waals surface area contributed by atoms with E-state index in [1.54, 1.807) is 7.11 Å². The normalized spacial score (nSPS) is 15.7. The summed E-state index contributed by atoms with van der Waals surface area (Å²) in [6.07, 6.45) is 0. The van der Waals surface area contributed by atoms with E-state index >= 15 is 0 Å². The number of anilines is 1. The lowest BCUT2D eigenvalue weighted by molar-refractivity contribution is -0.117. The van der Waals surface area contributed by atoms with Crippen molar-refractivity contribution in [3.05, 3.63) is 54.1 Å². The van der Waals surface area contributed by atoms with Crippen molar-refractivity contribution in [3.63, 3.8) is 0 Å². The van der Waals surface area contributed by atoms with Crippen molar-refractivity contribution in [2.24, 2.45) is 0 Å². The number of para-hydroxylation sites is 1. The van der Waals surface area contributed by atoms with Crippen molar-refractivity contribution in [1.29, 1.82) is 0 Å². The van der Waals surface area contributed by atoms with Crippen LogP contribution in [0.1, 0.15) is 5.56 Å². The average molecular weight is 454 g/mol. The average Bonchev–Trinajstić information content (AvgIpc) is 2.76. The minimum Gasteiger partial charge on any atom is -0.497 e. The molecule has 0 saturated carbocycles. The van der Waals surface area contributed by atoms with Gasteiger partial charge >= 0.3 is 5.76 Å². The molecule has 1 N–H and O–H groups in total. The van der Waals surface area contributed by atoms with Crippen LogP contribution in [0.2, 0.25) is 0 Å². The van der Waals surface area contributed by atoms with Crippen LogP contribution in [0.25, 0.3) is 0 Å². The summed E-state index contributed by atoms with van der Waals surface area (Å²) in [6, 6.07) is 13.1. The van der Waals surface area contributed by atoms with E-state index in [0.29, 0.717) is 13.1 Å². The van der Waals surface area contributed by atoms with Crippen LogP contribution in [0.15, 0.2) is 53.4 Å². The topological polar surface area (TPSA) is 79.0 Å². The highest BCUT2D eigenvalue weighted by Crippen LogP contribution is 2.26. The molecule has 0 bridgehead atoms. The van der Waals surface area contributed by atoms with Crippen molar-refractivity contribution in [2.75, 3.05) is 45.2 Å². The Labute approximate surface area is 180 Å². The highest BCUT2D eigenvalue weighted by molar-refractivity contribution is 7.91. The summed E-state index contributed by atoms with van der Waals surface area (Å²) >= 11 is 0. The number of carbonyl (C=O) groups is 1. The first-order valence-electron chi connectivity index (χ1n) is 9.78. The van der Waals surface area contributed by atoms with Gasteiger partial charge in [-0.15, -0.1) is 0 Å². The van der Waals surface area contributed by atoms with Gasteiger partial charge < -0.3 is 10.1 Å². The van der Waals surface area contributed by atoms with E-state index in [1.807, 2.05) is 29.2 Å². The van der Waals surface area contributed by atoms with Crippen LogP contribution in [0.4, 0.5) is 14.5 Å². The fraction of sp³-hybridized carbons (Fsp3) is 0.381. The van der Waals surface area contributed by atoms with Gasteiger partial charge in [0.1, 0.15) is 5.75 Å². The Bertz CT molecular complexity index is 992. The third-order valence-corrected chi connectivity index (χ3v) is 6.54. The minimum atomic E-state index is -4.80. The number of carbonyl (C=O) groups excluding carboxylic acids is 1. The molecule has 168 valence electrons. The minimum absolute atomic E-state index is 0.0550. The molecule has 1 fully saturated rings. The van der Waals surface area contributed by atoms with Crippen molar-refractivity contribution < 1.29 is 26.7 Å². The van der Waals surface area contributed by atoms with Crippen LogP contribution in [0.5, 0.6) is 5.75 Å². The van der Waals surface area contributed by atoms with Crippen LogP contribution < -0.4 is 10.1 Å². The number of rotatable bonds is 8. The lowest BCUT2D eigenvalue weighted by atomic mass is 10.2. The van der Waals surface area contributed by atoms with E-state index in [2.05, 4.69) is 10.2 Å². The quantitative estimate of drug-likeness (QED) is 0.662. The number of halogens is 2. The monoisotopic (exact) mass is 453 g/mol. The first-order valence-corrected chi connectivity index (χ1v) is 11.3. The number of piperazine rings is 1. The highest BCUT2D eigenvalue weighted by Gasteiger charge is 2.29. The second kappa shape index (κ2) is 10.2. The number of methoxy groups -OCH3 is 1. The van der Waals surface area contributed by atoms with Gasteiger partial charge in [-0.3, -0.25) is 14.6 Å². The Balaban J connectivity index is 1.52. The van der Waals surface area contributed by atoms with Gasteiger partial charge in [0.05, 0.1) is 24.2 Å². The highest BCUT2D eigenvalue weighted by atomic mass is 32.2. The van der Waals surface area contributed by atoms with Gasteiger partial charge in [0.15, 0.2) is 0 Å². The molecular weight excluding hydrogens is 428 g/mol. The Kier molecular flexibility index (Phi) is 7.58. The molecule has 1 aliphatic heterocycles. The fourth-order valence-corrected chi connectivity index (χ4v) is 4.29. The van der Waals surface area contributed by atoms with Gasteiger partial charge in [-0.05, 0) is 29.8 Å². The Morgan fingerprint density at radius 2 is 1.65 bits per heavy atom. The molecule has 1 aliphatic rings. The number of benzene rings is 2. The van der Waals surface area contributed by atoms with Crippen LogP contribution in [0.3, 0.4) is 0 Å².